The molecule has 2 N–H and O–H groups in total. The van der Waals surface area contributed by atoms with E-state index in [0.29, 0.717) is 10.0 Å². The second kappa shape index (κ2) is 6.39. The molecule has 2 aromatic rings. The molecule has 0 heterocycles. The lowest BCUT2D eigenvalue weighted by atomic mass is 10.2. The molecule has 0 fully saturated rings. The number of rotatable bonds is 3. The molecule has 21 heavy (non-hydrogen) atoms. The highest BCUT2D eigenvalue weighted by atomic mass is 127. The van der Waals surface area contributed by atoms with Gasteiger partial charge >= 0.3 is 0 Å². The number of benzene rings is 2. The van der Waals surface area contributed by atoms with E-state index in [1.54, 1.807) is 12.1 Å². The van der Waals surface area contributed by atoms with Crippen molar-refractivity contribution < 1.29 is 14.8 Å². The van der Waals surface area contributed by atoms with E-state index in [4.69, 9.17) is 0 Å². The van der Waals surface area contributed by atoms with Crippen molar-refractivity contribution in [2.75, 3.05) is 5.32 Å². The first-order valence-electron chi connectivity index (χ1n) is 5.62. The standard InChI is InChI=1S/C13H8BrIN2O4/c14-10-3-1-7(15)5-9(10)13(19)16-11-4-2-8(17(20)21)6-12(11)18/h1-6,18H,(H,16,19). The maximum absolute atomic E-state index is 12.2. The van der Waals surface area contributed by atoms with Crippen LogP contribution in [-0.4, -0.2) is 15.9 Å². The fourth-order valence-electron chi connectivity index (χ4n) is 1.60. The first-order chi connectivity index (χ1) is 9.88. The van der Waals surface area contributed by atoms with Crippen molar-refractivity contribution in [3.63, 3.8) is 0 Å². The summed E-state index contributed by atoms with van der Waals surface area (Å²) in [6.07, 6.45) is 0. The maximum atomic E-state index is 12.2. The molecule has 0 spiro atoms. The lowest BCUT2D eigenvalue weighted by Crippen LogP contribution is -2.13. The van der Waals surface area contributed by atoms with Crippen LogP contribution in [0, 0.1) is 13.7 Å². The summed E-state index contributed by atoms with van der Waals surface area (Å²) in [5.41, 5.74) is 0.261. The van der Waals surface area contributed by atoms with Crippen LogP contribution in [0.2, 0.25) is 0 Å². The van der Waals surface area contributed by atoms with Crippen LogP contribution in [0.5, 0.6) is 5.75 Å². The summed E-state index contributed by atoms with van der Waals surface area (Å²) in [4.78, 5) is 22.1. The van der Waals surface area contributed by atoms with Crippen molar-refractivity contribution in [1.29, 1.82) is 0 Å². The molecule has 6 nitrogen and oxygen atoms in total. The molecule has 0 radical (unpaired) electrons. The van der Waals surface area contributed by atoms with Crippen molar-refractivity contribution in [2.45, 2.75) is 0 Å². The molecule has 0 unspecified atom stereocenters. The summed E-state index contributed by atoms with van der Waals surface area (Å²) in [6.45, 7) is 0. The number of nitro benzene ring substituents is 1. The predicted octanol–water partition coefficient (Wildman–Crippen LogP) is 3.92. The van der Waals surface area contributed by atoms with Crippen molar-refractivity contribution in [3.8, 4) is 5.75 Å². The zero-order valence-electron chi connectivity index (χ0n) is 10.3. The molecule has 0 atom stereocenters. The Morgan fingerprint density at radius 2 is 2.00 bits per heavy atom. The molecule has 0 aromatic heterocycles. The van der Waals surface area contributed by atoms with Crippen LogP contribution < -0.4 is 5.32 Å². The van der Waals surface area contributed by atoms with Crippen LogP contribution in [-0.2, 0) is 0 Å². The number of nitro groups is 1. The average molecular weight is 463 g/mol. The van der Waals surface area contributed by atoms with Crippen LogP contribution in [0.25, 0.3) is 0 Å². The Morgan fingerprint density at radius 3 is 2.62 bits per heavy atom. The molecule has 0 bridgehead atoms. The molecular formula is C13H8BrIN2O4. The highest BCUT2D eigenvalue weighted by molar-refractivity contribution is 14.1. The highest BCUT2D eigenvalue weighted by Crippen LogP contribution is 2.29. The first kappa shape index (κ1) is 15.7. The summed E-state index contributed by atoms with van der Waals surface area (Å²) in [7, 11) is 0. The Morgan fingerprint density at radius 1 is 1.29 bits per heavy atom. The Bertz CT molecular complexity index is 736. The lowest BCUT2D eigenvalue weighted by Gasteiger charge is -2.09. The zero-order chi connectivity index (χ0) is 15.6. The summed E-state index contributed by atoms with van der Waals surface area (Å²) in [6, 6.07) is 8.74. The second-order valence-electron chi connectivity index (χ2n) is 4.04. The molecule has 1 amide bonds. The van der Waals surface area contributed by atoms with Gasteiger partial charge in [-0.05, 0) is 62.8 Å². The van der Waals surface area contributed by atoms with Crippen molar-refractivity contribution in [3.05, 3.63) is 60.1 Å². The molecule has 108 valence electrons. The fourth-order valence-corrected chi connectivity index (χ4v) is 2.52. The van der Waals surface area contributed by atoms with Gasteiger partial charge < -0.3 is 10.4 Å². The third-order valence-electron chi connectivity index (χ3n) is 2.61. The van der Waals surface area contributed by atoms with Crippen LogP contribution in [0.3, 0.4) is 0 Å². The second-order valence-corrected chi connectivity index (χ2v) is 6.14. The molecule has 0 aliphatic rings. The van der Waals surface area contributed by atoms with E-state index < -0.39 is 10.8 Å². The summed E-state index contributed by atoms with van der Waals surface area (Å²) < 4.78 is 1.50. The van der Waals surface area contributed by atoms with Gasteiger partial charge in [-0.25, -0.2) is 0 Å². The van der Waals surface area contributed by atoms with E-state index in [1.165, 1.54) is 12.1 Å². The van der Waals surface area contributed by atoms with Gasteiger partial charge in [-0.3, -0.25) is 14.9 Å². The van der Waals surface area contributed by atoms with Gasteiger partial charge in [-0.15, -0.1) is 0 Å². The molecule has 2 aromatic carbocycles. The minimum Gasteiger partial charge on any atom is -0.506 e. The van der Waals surface area contributed by atoms with E-state index in [9.17, 15) is 20.0 Å². The number of halogens is 2. The Balaban J connectivity index is 2.27. The molecule has 2 rings (SSSR count). The number of amides is 1. The number of hydrogen-bond donors (Lipinski definition) is 2. The molecule has 0 aliphatic carbocycles. The quantitative estimate of drug-likeness (QED) is 0.313. The number of phenols is 1. The van der Waals surface area contributed by atoms with Crippen LogP contribution >= 0.6 is 38.5 Å². The van der Waals surface area contributed by atoms with Gasteiger partial charge in [0, 0.05) is 14.1 Å². The third-order valence-corrected chi connectivity index (χ3v) is 3.98. The number of carbonyl (C=O) groups is 1. The highest BCUT2D eigenvalue weighted by Gasteiger charge is 2.15. The average Bonchev–Trinajstić information content (AvgIpc) is 2.43. The third kappa shape index (κ3) is 3.70. The number of nitrogens with one attached hydrogen (secondary N) is 1. The number of anilines is 1. The van der Waals surface area contributed by atoms with Gasteiger partial charge in [0.15, 0.2) is 0 Å². The Labute approximate surface area is 141 Å². The van der Waals surface area contributed by atoms with Crippen molar-refractivity contribution in [1.82, 2.24) is 0 Å². The molecule has 0 saturated heterocycles. The number of carbonyl (C=O) groups excluding carboxylic acids is 1. The monoisotopic (exact) mass is 462 g/mol. The number of phenolic OH excluding ortho intramolecular Hbond substituents is 1. The van der Waals surface area contributed by atoms with Crippen LogP contribution in [0.4, 0.5) is 11.4 Å². The summed E-state index contributed by atoms with van der Waals surface area (Å²) in [5.74, 6) is -0.788. The van der Waals surface area contributed by atoms with Gasteiger partial charge in [0.1, 0.15) is 5.75 Å². The van der Waals surface area contributed by atoms with Gasteiger partial charge in [0.05, 0.1) is 22.2 Å². The first-order valence-corrected chi connectivity index (χ1v) is 7.49. The van der Waals surface area contributed by atoms with Crippen LogP contribution in [0.1, 0.15) is 10.4 Å². The van der Waals surface area contributed by atoms with Crippen molar-refractivity contribution in [2.24, 2.45) is 0 Å². The van der Waals surface area contributed by atoms with Gasteiger partial charge in [-0.1, -0.05) is 0 Å². The van der Waals surface area contributed by atoms with Crippen molar-refractivity contribution >= 4 is 55.8 Å². The number of aromatic hydroxyl groups is 1. The number of hydrogen-bond acceptors (Lipinski definition) is 4. The zero-order valence-corrected chi connectivity index (χ0v) is 14.1. The van der Waals surface area contributed by atoms with E-state index in [0.717, 1.165) is 9.64 Å². The smallest absolute Gasteiger partial charge is 0.273 e. The predicted molar refractivity (Wildman–Crippen MR) is 89.6 cm³/mol. The van der Waals surface area contributed by atoms with E-state index >= 15 is 0 Å². The molecule has 0 saturated carbocycles. The largest absolute Gasteiger partial charge is 0.506 e. The minimum absolute atomic E-state index is 0.108. The van der Waals surface area contributed by atoms with Gasteiger partial charge in [0.25, 0.3) is 11.6 Å². The minimum atomic E-state index is -0.624. The lowest BCUT2D eigenvalue weighted by molar-refractivity contribution is -0.384. The maximum Gasteiger partial charge on any atom is 0.273 e. The Kier molecular flexibility index (Phi) is 4.78. The van der Waals surface area contributed by atoms with E-state index in [-0.39, 0.29) is 17.1 Å². The van der Waals surface area contributed by atoms with E-state index in [2.05, 4.69) is 43.8 Å². The molecular weight excluding hydrogens is 455 g/mol. The van der Waals surface area contributed by atoms with Crippen LogP contribution in [0.15, 0.2) is 40.9 Å². The van der Waals surface area contributed by atoms with E-state index in [1.807, 2.05) is 6.07 Å². The van der Waals surface area contributed by atoms with Gasteiger partial charge in [0.2, 0.25) is 0 Å². The normalized spacial score (nSPS) is 10.2. The summed E-state index contributed by atoms with van der Waals surface area (Å²) in [5, 5.41) is 22.8. The number of non-ortho nitro benzene ring substituents is 1. The molecule has 8 heteroatoms. The fraction of sp³-hybridized carbons (Fsp3) is 0. The number of nitrogens with zero attached hydrogens (tertiary/aromatic N) is 1. The Hall–Kier alpha value is -1.68. The molecule has 0 aliphatic heterocycles. The SMILES string of the molecule is O=C(Nc1ccc([N+](=O)[O-])cc1O)c1cc(I)ccc1Br. The topological polar surface area (TPSA) is 92.5 Å². The summed E-state index contributed by atoms with van der Waals surface area (Å²) >= 11 is 5.36. The van der Waals surface area contributed by atoms with Gasteiger partial charge in [-0.2, -0.15) is 0 Å².